The lowest BCUT2D eigenvalue weighted by molar-refractivity contribution is -0.117. The second-order valence-electron chi connectivity index (χ2n) is 7.56. The number of ketones is 1. The first kappa shape index (κ1) is 21.1. The lowest BCUT2D eigenvalue weighted by Gasteiger charge is -2.21. The highest BCUT2D eigenvalue weighted by atomic mass is 32.2. The number of likely N-dealkylation sites (N-methyl/N-ethyl adjacent to an activating group) is 1. The largest absolute Gasteiger partial charge is 0.497 e. The minimum atomic E-state index is -0.0127. The Morgan fingerprint density at radius 2 is 2.07 bits per heavy atom. The molecule has 0 spiro atoms. The fourth-order valence-corrected chi connectivity index (χ4v) is 5.98. The minimum Gasteiger partial charge on any atom is -0.497 e. The van der Waals surface area contributed by atoms with E-state index in [0.717, 1.165) is 58.9 Å². The molecular weight excluding hydrogens is 418 g/mol. The number of rotatable bonds is 7. The number of thioether (sulfide) groups is 1. The van der Waals surface area contributed by atoms with Gasteiger partial charge in [-0.3, -0.25) is 9.36 Å². The van der Waals surface area contributed by atoms with Crippen LogP contribution in [0.25, 0.3) is 15.9 Å². The maximum atomic E-state index is 13.7. The molecule has 3 heterocycles. The molecule has 0 saturated heterocycles. The van der Waals surface area contributed by atoms with Crippen LogP contribution < -0.4 is 10.3 Å². The number of carbonyl (C=O) groups excluding carboxylic acids is 1. The van der Waals surface area contributed by atoms with Gasteiger partial charge in [0.05, 0.1) is 18.2 Å². The standard InChI is InChI=1S/C22H25N3O3S2/c1-14(26)5-4-12-29-22-23-20-19(17-10-11-24(2)13-18(17)30-20)21(27)25(22)15-6-8-16(28-3)9-7-15/h6-9H,4-5,10-13H2,1-3H3. The predicted octanol–water partition coefficient (Wildman–Crippen LogP) is 3.91. The van der Waals surface area contributed by atoms with Crippen molar-refractivity contribution in [3.8, 4) is 11.4 Å². The molecular formula is C22H25N3O3S2. The third kappa shape index (κ3) is 4.17. The van der Waals surface area contributed by atoms with E-state index >= 15 is 0 Å². The first-order chi connectivity index (χ1) is 14.5. The number of thiophene rings is 1. The van der Waals surface area contributed by atoms with Crippen molar-refractivity contribution >= 4 is 39.1 Å². The molecule has 2 aromatic heterocycles. The van der Waals surface area contributed by atoms with Gasteiger partial charge in [0.25, 0.3) is 5.56 Å². The summed E-state index contributed by atoms with van der Waals surface area (Å²) in [4.78, 5) is 34.2. The summed E-state index contributed by atoms with van der Waals surface area (Å²) in [5.41, 5.74) is 1.92. The lowest BCUT2D eigenvalue weighted by Crippen LogP contribution is -2.27. The Bertz CT molecular complexity index is 1140. The van der Waals surface area contributed by atoms with E-state index in [1.165, 1.54) is 16.6 Å². The van der Waals surface area contributed by atoms with Crippen LogP contribution in [-0.2, 0) is 17.8 Å². The number of fused-ring (bicyclic) bond motifs is 3. The second-order valence-corrected chi connectivity index (χ2v) is 9.70. The molecule has 0 N–H and O–H groups in total. The zero-order valence-corrected chi connectivity index (χ0v) is 19.1. The Hall–Kier alpha value is -2.16. The van der Waals surface area contributed by atoms with Crippen LogP contribution in [0.15, 0.2) is 34.2 Å². The molecule has 0 bridgehead atoms. The highest BCUT2D eigenvalue weighted by Gasteiger charge is 2.24. The quantitative estimate of drug-likeness (QED) is 0.313. The molecule has 1 aliphatic rings. The van der Waals surface area contributed by atoms with Crippen LogP contribution >= 0.6 is 23.1 Å². The molecule has 1 aromatic carbocycles. The first-order valence-corrected chi connectivity index (χ1v) is 11.8. The zero-order chi connectivity index (χ0) is 21.3. The number of hydrogen-bond acceptors (Lipinski definition) is 7. The molecule has 0 aliphatic carbocycles. The lowest BCUT2D eigenvalue weighted by atomic mass is 10.1. The molecule has 0 amide bonds. The van der Waals surface area contributed by atoms with Crippen LogP contribution in [0.2, 0.25) is 0 Å². The summed E-state index contributed by atoms with van der Waals surface area (Å²) in [5, 5.41) is 1.43. The minimum absolute atomic E-state index is 0.0127. The number of aromatic nitrogens is 2. The third-order valence-corrected chi connectivity index (χ3v) is 7.41. The molecule has 1 aliphatic heterocycles. The highest BCUT2D eigenvalue weighted by Crippen LogP contribution is 2.34. The number of hydrogen-bond donors (Lipinski definition) is 0. The summed E-state index contributed by atoms with van der Waals surface area (Å²) in [6, 6.07) is 7.49. The van der Waals surface area contributed by atoms with E-state index in [4.69, 9.17) is 9.72 Å². The van der Waals surface area contributed by atoms with Gasteiger partial charge in [0.1, 0.15) is 16.4 Å². The highest BCUT2D eigenvalue weighted by molar-refractivity contribution is 7.99. The summed E-state index contributed by atoms with van der Waals surface area (Å²) in [6.07, 6.45) is 2.18. The van der Waals surface area contributed by atoms with Gasteiger partial charge >= 0.3 is 0 Å². The van der Waals surface area contributed by atoms with Crippen LogP contribution in [0.5, 0.6) is 5.75 Å². The van der Waals surface area contributed by atoms with E-state index in [9.17, 15) is 9.59 Å². The van der Waals surface area contributed by atoms with E-state index in [0.29, 0.717) is 11.6 Å². The van der Waals surface area contributed by atoms with Crippen LogP contribution in [0, 0.1) is 0 Å². The van der Waals surface area contributed by atoms with Crippen LogP contribution in [-0.4, -0.2) is 46.7 Å². The van der Waals surface area contributed by atoms with Crippen LogP contribution in [0.4, 0.5) is 0 Å². The first-order valence-electron chi connectivity index (χ1n) is 10.0. The topological polar surface area (TPSA) is 64.4 Å². The fraction of sp³-hybridized carbons (Fsp3) is 0.409. The van der Waals surface area contributed by atoms with E-state index in [-0.39, 0.29) is 11.3 Å². The summed E-state index contributed by atoms with van der Waals surface area (Å²) < 4.78 is 6.98. The normalized spacial score (nSPS) is 14.1. The fourth-order valence-electron chi connectivity index (χ4n) is 3.69. The maximum Gasteiger partial charge on any atom is 0.267 e. The molecule has 0 radical (unpaired) electrons. The molecule has 6 nitrogen and oxygen atoms in total. The van der Waals surface area contributed by atoms with Crippen molar-refractivity contribution in [2.24, 2.45) is 0 Å². The van der Waals surface area contributed by atoms with Crippen molar-refractivity contribution in [2.45, 2.75) is 37.9 Å². The van der Waals surface area contributed by atoms with E-state index < -0.39 is 0 Å². The second kappa shape index (κ2) is 8.91. The molecule has 3 aromatic rings. The van der Waals surface area contributed by atoms with Crippen molar-refractivity contribution in [1.82, 2.24) is 14.5 Å². The number of nitrogens with zero attached hydrogens (tertiary/aromatic N) is 3. The molecule has 0 atom stereocenters. The SMILES string of the molecule is COc1ccc(-n2c(SCCCC(C)=O)nc3sc4c(c3c2=O)CCN(C)C4)cc1. The molecule has 0 saturated carbocycles. The predicted molar refractivity (Wildman–Crippen MR) is 122 cm³/mol. The van der Waals surface area contributed by atoms with E-state index in [1.54, 1.807) is 29.9 Å². The Morgan fingerprint density at radius 3 is 2.77 bits per heavy atom. The molecule has 8 heteroatoms. The van der Waals surface area contributed by atoms with Gasteiger partial charge in [0.15, 0.2) is 5.16 Å². The number of methoxy groups -OCH3 is 1. The van der Waals surface area contributed by atoms with Crippen LogP contribution in [0.1, 0.15) is 30.2 Å². The van der Waals surface area contributed by atoms with Crippen molar-refractivity contribution < 1.29 is 9.53 Å². The van der Waals surface area contributed by atoms with Crippen molar-refractivity contribution in [3.63, 3.8) is 0 Å². The molecule has 30 heavy (non-hydrogen) atoms. The molecule has 0 unspecified atom stereocenters. The van der Waals surface area contributed by atoms with Gasteiger partial charge in [-0.15, -0.1) is 11.3 Å². The number of carbonyl (C=O) groups is 1. The summed E-state index contributed by atoms with van der Waals surface area (Å²) in [6.45, 7) is 3.41. The Morgan fingerprint density at radius 1 is 1.30 bits per heavy atom. The van der Waals surface area contributed by atoms with Crippen molar-refractivity contribution in [2.75, 3.05) is 26.5 Å². The Kier molecular flexibility index (Phi) is 6.26. The average molecular weight is 444 g/mol. The van der Waals surface area contributed by atoms with E-state index in [1.807, 2.05) is 24.3 Å². The zero-order valence-electron chi connectivity index (χ0n) is 17.4. The van der Waals surface area contributed by atoms with Gasteiger partial charge in [-0.05, 0) is 56.6 Å². The van der Waals surface area contributed by atoms with Crippen molar-refractivity contribution in [1.29, 1.82) is 0 Å². The smallest absolute Gasteiger partial charge is 0.267 e. The monoisotopic (exact) mass is 443 g/mol. The van der Waals surface area contributed by atoms with Gasteiger partial charge in [-0.1, -0.05) is 11.8 Å². The van der Waals surface area contributed by atoms with Gasteiger partial charge in [0, 0.05) is 30.1 Å². The van der Waals surface area contributed by atoms with Crippen LogP contribution in [0.3, 0.4) is 0 Å². The number of Topliss-reactive ketones (excluding diaryl/α,β-unsaturated/α-hetero) is 1. The van der Waals surface area contributed by atoms with E-state index in [2.05, 4.69) is 11.9 Å². The number of benzene rings is 1. The van der Waals surface area contributed by atoms with Gasteiger partial charge < -0.3 is 14.4 Å². The summed E-state index contributed by atoms with van der Waals surface area (Å²) in [5.74, 6) is 1.66. The van der Waals surface area contributed by atoms with Crippen molar-refractivity contribution in [3.05, 3.63) is 45.1 Å². The Labute approximate surface area is 183 Å². The molecule has 4 rings (SSSR count). The third-order valence-electron chi connectivity index (χ3n) is 5.27. The maximum absolute atomic E-state index is 13.7. The van der Waals surface area contributed by atoms with Gasteiger partial charge in [0.2, 0.25) is 0 Å². The number of ether oxygens (including phenoxy) is 1. The van der Waals surface area contributed by atoms with Gasteiger partial charge in [-0.2, -0.15) is 0 Å². The Balaban J connectivity index is 1.82. The molecule has 158 valence electrons. The molecule has 0 fully saturated rings. The van der Waals surface area contributed by atoms with Gasteiger partial charge in [-0.25, -0.2) is 4.98 Å². The summed E-state index contributed by atoms with van der Waals surface area (Å²) >= 11 is 3.17. The average Bonchev–Trinajstić information content (AvgIpc) is 3.09. The summed E-state index contributed by atoms with van der Waals surface area (Å²) in [7, 11) is 3.73.